The maximum atomic E-state index is 10.3. The van der Waals surface area contributed by atoms with Crippen LogP contribution in [0.25, 0.3) is 0 Å². The van der Waals surface area contributed by atoms with Crippen LogP contribution in [0.1, 0.15) is 47.7 Å². The summed E-state index contributed by atoms with van der Waals surface area (Å²) in [6.07, 6.45) is 2.06. The van der Waals surface area contributed by atoms with Gasteiger partial charge in [-0.25, -0.2) is 0 Å². The fourth-order valence-corrected chi connectivity index (χ4v) is 5.20. The minimum absolute atomic E-state index is 0.0624. The molecule has 3 atom stereocenters. The predicted octanol–water partition coefficient (Wildman–Crippen LogP) is 3.40. The highest BCUT2D eigenvalue weighted by Crippen LogP contribution is 2.52. The minimum atomic E-state index is -0.416. The van der Waals surface area contributed by atoms with E-state index in [-0.39, 0.29) is 18.9 Å². The summed E-state index contributed by atoms with van der Waals surface area (Å²) in [6, 6.07) is 8.72. The van der Waals surface area contributed by atoms with E-state index in [0.29, 0.717) is 6.42 Å². The van der Waals surface area contributed by atoms with Gasteiger partial charge in [-0.2, -0.15) is 0 Å². The third kappa shape index (κ3) is 2.93. The second kappa shape index (κ2) is 7.11. The van der Waals surface area contributed by atoms with Crippen molar-refractivity contribution in [3.63, 3.8) is 0 Å². The molecule has 6 nitrogen and oxygen atoms in total. The molecule has 0 saturated carbocycles. The molecule has 6 heteroatoms. The fraction of sp³-hybridized carbons (Fsp3) is 0.478. The first-order valence-electron chi connectivity index (χ1n) is 10.2. The van der Waals surface area contributed by atoms with Crippen molar-refractivity contribution in [1.29, 1.82) is 0 Å². The summed E-state index contributed by atoms with van der Waals surface area (Å²) < 4.78 is 22.6. The molecule has 2 aromatic rings. The number of hydrogen-bond donors (Lipinski definition) is 1. The lowest BCUT2D eigenvalue weighted by molar-refractivity contribution is 0.0618. The maximum Gasteiger partial charge on any atom is 0.231 e. The molecular weight excluding hydrogens is 370 g/mol. The van der Waals surface area contributed by atoms with Crippen LogP contribution < -0.4 is 18.9 Å². The first-order chi connectivity index (χ1) is 14.1. The van der Waals surface area contributed by atoms with Crippen LogP contribution in [0.5, 0.6) is 23.0 Å². The lowest BCUT2D eigenvalue weighted by Gasteiger charge is -2.47. The maximum absolute atomic E-state index is 10.3. The Labute approximate surface area is 170 Å². The van der Waals surface area contributed by atoms with E-state index in [1.807, 2.05) is 13.0 Å². The molecule has 3 heterocycles. The monoisotopic (exact) mass is 397 g/mol. The molecule has 3 aliphatic heterocycles. The van der Waals surface area contributed by atoms with Crippen LogP contribution in [0.2, 0.25) is 0 Å². The van der Waals surface area contributed by atoms with Crippen molar-refractivity contribution in [2.45, 2.75) is 44.4 Å². The minimum Gasteiger partial charge on any atom is -0.493 e. The first-order valence-corrected chi connectivity index (χ1v) is 10.2. The van der Waals surface area contributed by atoms with Crippen LogP contribution in [0.4, 0.5) is 0 Å². The summed E-state index contributed by atoms with van der Waals surface area (Å²) in [5.41, 5.74) is 5.03. The normalized spacial score (nSPS) is 23.0. The van der Waals surface area contributed by atoms with Crippen molar-refractivity contribution in [3.8, 4) is 23.0 Å². The highest BCUT2D eigenvalue weighted by molar-refractivity contribution is 5.56. The molecule has 0 aromatic heterocycles. The predicted molar refractivity (Wildman–Crippen MR) is 108 cm³/mol. The number of hydrogen-bond acceptors (Lipinski definition) is 6. The van der Waals surface area contributed by atoms with Gasteiger partial charge in [0.25, 0.3) is 0 Å². The second-order valence-electron chi connectivity index (χ2n) is 8.09. The fourth-order valence-electron chi connectivity index (χ4n) is 5.20. The van der Waals surface area contributed by atoms with Gasteiger partial charge in [0.2, 0.25) is 6.79 Å². The number of nitrogens with zero attached hydrogens (tertiary/aromatic N) is 1. The Hall–Kier alpha value is -2.44. The second-order valence-corrected chi connectivity index (χ2v) is 8.09. The molecule has 2 aromatic carbocycles. The summed E-state index contributed by atoms with van der Waals surface area (Å²) in [6.45, 7) is 3.07. The van der Waals surface area contributed by atoms with Crippen molar-refractivity contribution in [3.05, 3.63) is 46.5 Å². The Morgan fingerprint density at radius 3 is 2.66 bits per heavy atom. The summed E-state index contributed by atoms with van der Waals surface area (Å²) in [7, 11) is 3.36. The molecule has 3 aliphatic rings. The molecule has 0 aliphatic carbocycles. The Bertz CT molecular complexity index is 941. The number of methoxy groups -OCH3 is 2. The molecule has 0 radical (unpaired) electrons. The van der Waals surface area contributed by atoms with Crippen molar-refractivity contribution in [1.82, 2.24) is 4.90 Å². The van der Waals surface area contributed by atoms with Gasteiger partial charge < -0.3 is 24.1 Å². The van der Waals surface area contributed by atoms with Crippen LogP contribution >= 0.6 is 0 Å². The number of fused-ring (bicyclic) bond motifs is 5. The third-order valence-electron chi connectivity index (χ3n) is 6.42. The van der Waals surface area contributed by atoms with Gasteiger partial charge in [0.05, 0.1) is 20.3 Å². The largest absolute Gasteiger partial charge is 0.493 e. The zero-order chi connectivity index (χ0) is 20.1. The lowest BCUT2D eigenvalue weighted by atomic mass is 9.79. The quantitative estimate of drug-likeness (QED) is 0.853. The Morgan fingerprint density at radius 2 is 1.93 bits per heavy atom. The highest BCUT2D eigenvalue weighted by Gasteiger charge is 2.41. The van der Waals surface area contributed by atoms with Gasteiger partial charge in [-0.3, -0.25) is 4.90 Å². The van der Waals surface area contributed by atoms with Gasteiger partial charge in [0.1, 0.15) is 0 Å². The molecule has 3 unspecified atom stereocenters. The third-order valence-corrected chi connectivity index (χ3v) is 6.42. The van der Waals surface area contributed by atoms with Crippen LogP contribution in [0.15, 0.2) is 24.3 Å². The number of aliphatic hydroxyl groups is 1. The van der Waals surface area contributed by atoms with E-state index in [2.05, 4.69) is 23.1 Å². The van der Waals surface area contributed by atoms with E-state index >= 15 is 0 Å². The van der Waals surface area contributed by atoms with E-state index in [9.17, 15) is 5.11 Å². The van der Waals surface area contributed by atoms with Crippen LogP contribution in [0.3, 0.4) is 0 Å². The van der Waals surface area contributed by atoms with E-state index < -0.39 is 6.10 Å². The number of ether oxygens (including phenoxy) is 4. The van der Waals surface area contributed by atoms with Gasteiger partial charge in [0.15, 0.2) is 23.0 Å². The molecular formula is C23H27NO5. The van der Waals surface area contributed by atoms with E-state index in [0.717, 1.165) is 47.9 Å². The first kappa shape index (κ1) is 18.6. The van der Waals surface area contributed by atoms with Gasteiger partial charge in [0, 0.05) is 24.2 Å². The topological polar surface area (TPSA) is 60.4 Å². The zero-order valence-corrected chi connectivity index (χ0v) is 17.1. The number of aliphatic hydroxyl groups excluding tert-OH is 1. The Balaban J connectivity index is 1.64. The van der Waals surface area contributed by atoms with E-state index in [1.54, 1.807) is 14.2 Å². The summed E-state index contributed by atoms with van der Waals surface area (Å²) in [5, 5.41) is 10.3. The smallest absolute Gasteiger partial charge is 0.231 e. The Morgan fingerprint density at radius 1 is 1.14 bits per heavy atom. The van der Waals surface area contributed by atoms with Crippen LogP contribution in [-0.4, -0.2) is 43.7 Å². The van der Waals surface area contributed by atoms with Gasteiger partial charge in [-0.05, 0) is 61.1 Å². The van der Waals surface area contributed by atoms with E-state index in [4.69, 9.17) is 18.9 Å². The van der Waals surface area contributed by atoms with Crippen LogP contribution in [0, 0.1) is 0 Å². The zero-order valence-electron chi connectivity index (χ0n) is 17.1. The number of benzene rings is 2. The molecule has 5 rings (SSSR count). The van der Waals surface area contributed by atoms with Crippen molar-refractivity contribution in [2.75, 3.05) is 27.6 Å². The van der Waals surface area contributed by atoms with Crippen LogP contribution in [-0.2, 0) is 12.8 Å². The van der Waals surface area contributed by atoms with Crippen molar-refractivity contribution >= 4 is 0 Å². The molecule has 0 saturated heterocycles. The molecule has 0 spiro atoms. The van der Waals surface area contributed by atoms with Gasteiger partial charge in [-0.1, -0.05) is 6.07 Å². The SMILES string of the molecule is COc1ccc2c(c1OC)C(CC(C)O)N1CCc3cc4c(cc3C1C2)OCO4. The Kier molecular flexibility index (Phi) is 4.56. The van der Waals surface area contributed by atoms with Crippen molar-refractivity contribution in [2.24, 2.45) is 0 Å². The molecule has 0 bridgehead atoms. The molecule has 0 fully saturated rings. The number of rotatable bonds is 4. The molecule has 0 amide bonds. The summed E-state index contributed by atoms with van der Waals surface area (Å²) in [5.74, 6) is 3.20. The molecule has 1 N–H and O–H groups in total. The van der Waals surface area contributed by atoms with E-state index in [1.165, 1.54) is 16.7 Å². The average molecular weight is 397 g/mol. The standard InChI is InChI=1S/C23H27NO5/c1-13(25)8-18-22-15(4-5-19(26-2)23(22)27-3)9-17-16-11-21-20(28-12-29-21)10-14(16)6-7-24(17)18/h4-5,10-11,13,17-18,25H,6-9,12H2,1-3H3. The molecule has 29 heavy (non-hydrogen) atoms. The highest BCUT2D eigenvalue weighted by atomic mass is 16.7. The molecule has 154 valence electrons. The lowest BCUT2D eigenvalue weighted by Crippen LogP contribution is -2.43. The average Bonchev–Trinajstić information content (AvgIpc) is 3.18. The summed E-state index contributed by atoms with van der Waals surface area (Å²) in [4.78, 5) is 2.52. The van der Waals surface area contributed by atoms with Gasteiger partial charge >= 0.3 is 0 Å². The summed E-state index contributed by atoms with van der Waals surface area (Å²) >= 11 is 0. The van der Waals surface area contributed by atoms with Gasteiger partial charge in [-0.15, -0.1) is 0 Å². The van der Waals surface area contributed by atoms with Crippen molar-refractivity contribution < 1.29 is 24.1 Å².